The first-order chi connectivity index (χ1) is 7.31. The van der Waals surface area contributed by atoms with E-state index in [2.05, 4.69) is 9.36 Å². The number of methoxy groups -OCH3 is 1. The zero-order chi connectivity index (χ0) is 10.7. The van der Waals surface area contributed by atoms with Gasteiger partial charge in [0.05, 0.1) is 7.11 Å². The summed E-state index contributed by atoms with van der Waals surface area (Å²) in [7, 11) is 1.52. The number of aromatic nitrogens is 2. The second-order valence-electron chi connectivity index (χ2n) is 2.78. The van der Waals surface area contributed by atoms with Gasteiger partial charge in [-0.1, -0.05) is 6.07 Å². The Labute approximate surface area is 90.7 Å². The van der Waals surface area contributed by atoms with Crippen LogP contribution in [-0.4, -0.2) is 22.3 Å². The molecule has 0 saturated heterocycles. The van der Waals surface area contributed by atoms with E-state index in [4.69, 9.17) is 4.74 Å². The van der Waals surface area contributed by atoms with Gasteiger partial charge in [-0.05, 0) is 23.7 Å². The average molecular weight is 220 g/mol. The molecule has 2 rings (SSSR count). The molecule has 0 bridgehead atoms. The van der Waals surface area contributed by atoms with E-state index >= 15 is 0 Å². The van der Waals surface area contributed by atoms with E-state index in [1.807, 2.05) is 0 Å². The Morgan fingerprint density at radius 1 is 1.47 bits per heavy atom. The minimum Gasteiger partial charge on any atom is -0.480 e. The van der Waals surface area contributed by atoms with Gasteiger partial charge in [0.15, 0.2) is 0 Å². The van der Waals surface area contributed by atoms with Gasteiger partial charge >= 0.3 is 0 Å². The number of rotatable bonds is 3. The van der Waals surface area contributed by atoms with Crippen molar-refractivity contribution in [2.45, 2.75) is 0 Å². The molecule has 0 aliphatic carbocycles. The molecule has 0 fully saturated rings. The molecule has 0 atom stereocenters. The lowest BCUT2D eigenvalue weighted by molar-refractivity contribution is 0.103. The van der Waals surface area contributed by atoms with Crippen LogP contribution in [0.3, 0.4) is 0 Å². The Morgan fingerprint density at radius 2 is 2.33 bits per heavy atom. The highest BCUT2D eigenvalue weighted by molar-refractivity contribution is 7.08. The molecule has 4 nitrogen and oxygen atoms in total. The van der Waals surface area contributed by atoms with E-state index < -0.39 is 0 Å². The predicted octanol–water partition coefficient (Wildman–Crippen LogP) is 1.78. The average Bonchev–Trinajstić information content (AvgIpc) is 2.78. The van der Waals surface area contributed by atoms with Crippen LogP contribution in [0.15, 0.2) is 30.5 Å². The second kappa shape index (κ2) is 4.18. The summed E-state index contributed by atoms with van der Waals surface area (Å²) < 4.78 is 8.86. The van der Waals surface area contributed by atoms with Gasteiger partial charge in [0.1, 0.15) is 10.6 Å². The molecule has 76 valence electrons. The molecule has 5 heteroatoms. The fourth-order valence-electron chi connectivity index (χ4n) is 1.09. The number of nitrogens with zero attached hydrogens (tertiary/aromatic N) is 2. The molecular formula is C10H8N2O2S. The first-order valence-corrected chi connectivity index (χ1v) is 5.05. The second-order valence-corrected chi connectivity index (χ2v) is 3.58. The summed E-state index contributed by atoms with van der Waals surface area (Å²) in [5.41, 5.74) is 0.420. The van der Waals surface area contributed by atoms with Crippen molar-refractivity contribution in [2.24, 2.45) is 0 Å². The highest BCUT2D eigenvalue weighted by Gasteiger charge is 2.13. The molecule has 0 N–H and O–H groups in total. The fraction of sp³-hybridized carbons (Fsp3) is 0.100. The maximum absolute atomic E-state index is 11.8. The summed E-state index contributed by atoms with van der Waals surface area (Å²) in [6.45, 7) is 0. The molecular weight excluding hydrogens is 212 g/mol. The van der Waals surface area contributed by atoms with Crippen LogP contribution >= 0.6 is 11.5 Å². The molecule has 0 spiro atoms. The smallest absolute Gasteiger partial charge is 0.225 e. The minimum atomic E-state index is -0.128. The van der Waals surface area contributed by atoms with Crippen LogP contribution in [0.1, 0.15) is 15.4 Å². The maximum Gasteiger partial charge on any atom is 0.225 e. The number of hydrogen-bond donors (Lipinski definition) is 0. The van der Waals surface area contributed by atoms with Gasteiger partial charge in [-0.15, -0.1) is 0 Å². The lowest BCUT2D eigenvalue weighted by Crippen LogP contribution is -2.00. The normalized spacial score (nSPS) is 9.93. The van der Waals surface area contributed by atoms with Gasteiger partial charge in [-0.2, -0.15) is 4.37 Å². The molecule has 0 unspecified atom stereocenters. The van der Waals surface area contributed by atoms with Crippen LogP contribution in [0.2, 0.25) is 0 Å². The van der Waals surface area contributed by atoms with Crippen LogP contribution in [0.25, 0.3) is 0 Å². The van der Waals surface area contributed by atoms with Crippen molar-refractivity contribution in [2.75, 3.05) is 7.11 Å². The molecule has 0 aromatic carbocycles. The van der Waals surface area contributed by atoms with E-state index in [1.54, 1.807) is 30.5 Å². The van der Waals surface area contributed by atoms with E-state index in [0.717, 1.165) is 11.5 Å². The van der Waals surface area contributed by atoms with Crippen LogP contribution in [0.5, 0.6) is 5.88 Å². The quantitative estimate of drug-likeness (QED) is 0.740. The number of hydrogen-bond acceptors (Lipinski definition) is 5. The Hall–Kier alpha value is -1.75. The lowest BCUT2D eigenvalue weighted by atomic mass is 10.2. The van der Waals surface area contributed by atoms with Crippen molar-refractivity contribution in [3.63, 3.8) is 0 Å². The van der Waals surface area contributed by atoms with E-state index in [1.165, 1.54) is 7.11 Å². The van der Waals surface area contributed by atoms with Crippen molar-refractivity contribution in [3.8, 4) is 5.88 Å². The summed E-state index contributed by atoms with van der Waals surface area (Å²) in [5.74, 6) is 0.329. The van der Waals surface area contributed by atoms with Gasteiger partial charge in [-0.25, -0.2) is 0 Å². The Morgan fingerprint density at radius 3 is 2.93 bits per heavy atom. The highest BCUT2D eigenvalue weighted by Crippen LogP contribution is 2.18. The number of pyridine rings is 1. The molecule has 2 heterocycles. The van der Waals surface area contributed by atoms with Crippen molar-refractivity contribution in [1.82, 2.24) is 9.36 Å². The van der Waals surface area contributed by atoms with Gasteiger partial charge in [-0.3, -0.25) is 9.78 Å². The van der Waals surface area contributed by atoms with Crippen molar-refractivity contribution >= 4 is 17.3 Å². The summed E-state index contributed by atoms with van der Waals surface area (Å²) >= 11 is 1.11. The molecule has 0 radical (unpaired) electrons. The van der Waals surface area contributed by atoms with E-state index in [9.17, 15) is 4.79 Å². The summed E-state index contributed by atoms with van der Waals surface area (Å²) in [6, 6.07) is 6.83. The van der Waals surface area contributed by atoms with Crippen molar-refractivity contribution < 1.29 is 9.53 Å². The molecule has 0 aliphatic heterocycles. The van der Waals surface area contributed by atoms with Crippen molar-refractivity contribution in [1.29, 1.82) is 0 Å². The molecule has 0 saturated carbocycles. The zero-order valence-electron chi connectivity index (χ0n) is 8.01. The first kappa shape index (κ1) is 9.79. The van der Waals surface area contributed by atoms with E-state index in [-0.39, 0.29) is 5.78 Å². The summed E-state index contributed by atoms with van der Waals surface area (Å²) in [5, 5.41) is 0. The molecule has 0 aliphatic rings. The van der Waals surface area contributed by atoms with Crippen LogP contribution in [-0.2, 0) is 0 Å². The van der Waals surface area contributed by atoms with E-state index in [0.29, 0.717) is 16.5 Å². The number of ether oxygens (including phenoxy) is 1. The van der Waals surface area contributed by atoms with Gasteiger partial charge < -0.3 is 4.74 Å². The number of carbonyl (C=O) groups is 1. The van der Waals surface area contributed by atoms with Crippen LogP contribution in [0.4, 0.5) is 0 Å². The summed E-state index contributed by atoms with van der Waals surface area (Å²) in [6.07, 6.45) is 1.59. The SMILES string of the molecule is COc1cc(C(=O)c2ccccn2)sn1. The fourth-order valence-corrected chi connectivity index (χ4v) is 1.74. The first-order valence-electron chi connectivity index (χ1n) is 4.27. The van der Waals surface area contributed by atoms with Gasteiger partial charge in [0, 0.05) is 12.3 Å². The highest BCUT2D eigenvalue weighted by atomic mass is 32.1. The Kier molecular flexibility index (Phi) is 2.73. The monoisotopic (exact) mass is 220 g/mol. The molecule has 2 aromatic rings. The minimum absolute atomic E-state index is 0.128. The largest absolute Gasteiger partial charge is 0.480 e. The van der Waals surface area contributed by atoms with Gasteiger partial charge in [0.2, 0.25) is 11.7 Å². The topological polar surface area (TPSA) is 52.1 Å². The third-order valence-electron chi connectivity index (χ3n) is 1.82. The molecule has 15 heavy (non-hydrogen) atoms. The third-order valence-corrected chi connectivity index (χ3v) is 2.59. The molecule has 0 amide bonds. The van der Waals surface area contributed by atoms with Gasteiger partial charge in [0.25, 0.3) is 0 Å². The van der Waals surface area contributed by atoms with Crippen LogP contribution in [0, 0.1) is 0 Å². The summed E-state index contributed by atoms with van der Waals surface area (Å²) in [4.78, 5) is 16.3. The molecule has 2 aromatic heterocycles. The zero-order valence-corrected chi connectivity index (χ0v) is 8.82. The predicted molar refractivity (Wildman–Crippen MR) is 56.3 cm³/mol. The lowest BCUT2D eigenvalue weighted by Gasteiger charge is -1.94. The van der Waals surface area contributed by atoms with Crippen molar-refractivity contribution in [3.05, 3.63) is 41.0 Å². The standard InChI is InChI=1S/C10H8N2O2S/c1-14-9-6-8(15-12-9)10(13)7-4-2-3-5-11-7/h2-6H,1H3. The Balaban J connectivity index is 2.29. The maximum atomic E-state index is 11.8. The van der Waals surface area contributed by atoms with Crippen LogP contribution < -0.4 is 4.74 Å². The number of ketones is 1. The third kappa shape index (κ3) is 2.02. The Bertz CT molecular complexity index is 467. The number of carbonyl (C=O) groups excluding carboxylic acids is 1.